The lowest BCUT2D eigenvalue weighted by Gasteiger charge is -2.27. The van der Waals surface area contributed by atoms with Crippen LogP contribution >= 0.6 is 0 Å². The van der Waals surface area contributed by atoms with E-state index in [0.29, 0.717) is 6.04 Å². The number of hydrogen-bond acceptors (Lipinski definition) is 3. The first-order chi connectivity index (χ1) is 8.25. The average Bonchev–Trinajstić information content (AvgIpc) is 2.82. The molecule has 2 aliphatic heterocycles. The van der Waals surface area contributed by atoms with Crippen molar-refractivity contribution in [1.29, 1.82) is 0 Å². The number of likely N-dealkylation sites (tertiary alicyclic amines) is 1. The zero-order valence-electron chi connectivity index (χ0n) is 10.9. The van der Waals surface area contributed by atoms with E-state index in [4.69, 9.17) is 0 Å². The summed E-state index contributed by atoms with van der Waals surface area (Å²) in [7, 11) is 0. The van der Waals surface area contributed by atoms with Crippen molar-refractivity contribution in [3.05, 3.63) is 0 Å². The predicted octanol–water partition coefficient (Wildman–Crippen LogP) is 0.587. The molecule has 17 heavy (non-hydrogen) atoms. The van der Waals surface area contributed by atoms with E-state index in [0.717, 1.165) is 32.5 Å². The van der Waals surface area contributed by atoms with Crippen LogP contribution in [0.25, 0.3) is 0 Å². The van der Waals surface area contributed by atoms with Crippen LogP contribution in [0.2, 0.25) is 0 Å². The summed E-state index contributed by atoms with van der Waals surface area (Å²) in [6.45, 7) is 7.39. The van der Waals surface area contributed by atoms with E-state index in [1.807, 2.05) is 0 Å². The number of piperidine rings is 1. The maximum absolute atomic E-state index is 12.0. The monoisotopic (exact) mass is 239 g/mol. The van der Waals surface area contributed by atoms with Gasteiger partial charge in [0, 0.05) is 25.0 Å². The van der Waals surface area contributed by atoms with Crippen molar-refractivity contribution >= 4 is 5.91 Å². The van der Waals surface area contributed by atoms with Crippen LogP contribution in [0.3, 0.4) is 0 Å². The SMILES string of the molecule is C[C@H]1C[C@@H](C(=O)NCCN2CCCC2)CCN1. The highest BCUT2D eigenvalue weighted by Crippen LogP contribution is 2.15. The molecule has 2 saturated heterocycles. The van der Waals surface area contributed by atoms with Crippen molar-refractivity contribution in [3.63, 3.8) is 0 Å². The molecule has 0 aromatic rings. The van der Waals surface area contributed by atoms with Crippen molar-refractivity contribution < 1.29 is 4.79 Å². The first kappa shape index (κ1) is 12.8. The van der Waals surface area contributed by atoms with E-state index >= 15 is 0 Å². The second-order valence-electron chi connectivity index (χ2n) is 5.42. The lowest BCUT2D eigenvalue weighted by atomic mass is 9.92. The quantitative estimate of drug-likeness (QED) is 0.754. The lowest BCUT2D eigenvalue weighted by Crippen LogP contribution is -2.43. The molecule has 0 spiro atoms. The number of carbonyl (C=O) groups excluding carboxylic acids is 1. The first-order valence-electron chi connectivity index (χ1n) is 6.99. The van der Waals surface area contributed by atoms with Gasteiger partial charge in [0.1, 0.15) is 0 Å². The van der Waals surface area contributed by atoms with Crippen molar-refractivity contribution in [2.75, 3.05) is 32.7 Å². The molecule has 1 amide bonds. The van der Waals surface area contributed by atoms with Crippen molar-refractivity contribution in [2.45, 2.75) is 38.6 Å². The maximum atomic E-state index is 12.0. The molecule has 98 valence electrons. The minimum Gasteiger partial charge on any atom is -0.355 e. The zero-order chi connectivity index (χ0) is 12.1. The molecule has 0 aliphatic carbocycles. The van der Waals surface area contributed by atoms with Crippen molar-refractivity contribution in [2.24, 2.45) is 5.92 Å². The summed E-state index contributed by atoms with van der Waals surface area (Å²) in [5.41, 5.74) is 0. The van der Waals surface area contributed by atoms with E-state index in [1.54, 1.807) is 0 Å². The van der Waals surface area contributed by atoms with E-state index < -0.39 is 0 Å². The van der Waals surface area contributed by atoms with Crippen LogP contribution in [0.4, 0.5) is 0 Å². The maximum Gasteiger partial charge on any atom is 0.223 e. The molecule has 2 aliphatic rings. The van der Waals surface area contributed by atoms with Crippen LogP contribution < -0.4 is 10.6 Å². The predicted molar refractivity (Wildman–Crippen MR) is 68.9 cm³/mol. The van der Waals surface area contributed by atoms with Crippen LogP contribution in [0, 0.1) is 5.92 Å². The summed E-state index contributed by atoms with van der Waals surface area (Å²) in [4.78, 5) is 14.4. The van der Waals surface area contributed by atoms with Crippen LogP contribution in [0.1, 0.15) is 32.6 Å². The topological polar surface area (TPSA) is 44.4 Å². The molecule has 2 fully saturated rings. The smallest absolute Gasteiger partial charge is 0.223 e. The molecular weight excluding hydrogens is 214 g/mol. The summed E-state index contributed by atoms with van der Waals surface area (Å²) in [5.74, 6) is 0.488. The van der Waals surface area contributed by atoms with Gasteiger partial charge in [-0.2, -0.15) is 0 Å². The van der Waals surface area contributed by atoms with E-state index in [-0.39, 0.29) is 11.8 Å². The molecule has 0 radical (unpaired) electrons. The molecule has 0 aromatic heterocycles. The fraction of sp³-hybridized carbons (Fsp3) is 0.923. The fourth-order valence-electron chi connectivity index (χ4n) is 2.86. The number of nitrogens with zero attached hydrogens (tertiary/aromatic N) is 1. The molecule has 0 bridgehead atoms. The third-order valence-corrected chi connectivity index (χ3v) is 3.92. The van der Waals surface area contributed by atoms with Gasteiger partial charge in [-0.1, -0.05) is 0 Å². The summed E-state index contributed by atoms with van der Waals surface area (Å²) >= 11 is 0. The third kappa shape index (κ3) is 3.96. The summed E-state index contributed by atoms with van der Waals surface area (Å²) in [6.07, 6.45) is 4.61. The number of nitrogens with one attached hydrogen (secondary N) is 2. The van der Waals surface area contributed by atoms with Gasteiger partial charge >= 0.3 is 0 Å². The van der Waals surface area contributed by atoms with Gasteiger partial charge in [-0.15, -0.1) is 0 Å². The minimum absolute atomic E-state index is 0.227. The Kier molecular flexibility index (Phi) is 4.80. The molecule has 2 heterocycles. The van der Waals surface area contributed by atoms with Gasteiger partial charge in [0.05, 0.1) is 0 Å². The molecule has 0 saturated carbocycles. The Morgan fingerprint density at radius 2 is 2.18 bits per heavy atom. The highest BCUT2D eigenvalue weighted by Gasteiger charge is 2.24. The molecular formula is C13H25N3O. The standard InChI is InChI=1S/C13H25N3O/c1-11-10-12(4-5-14-11)13(17)15-6-9-16-7-2-3-8-16/h11-12,14H,2-10H2,1H3,(H,15,17)/t11-,12-/m0/s1. The number of hydrogen-bond donors (Lipinski definition) is 2. The highest BCUT2D eigenvalue weighted by molar-refractivity contribution is 5.78. The largest absolute Gasteiger partial charge is 0.355 e. The van der Waals surface area contributed by atoms with Gasteiger partial charge in [0.25, 0.3) is 0 Å². The van der Waals surface area contributed by atoms with Gasteiger partial charge in [0.15, 0.2) is 0 Å². The van der Waals surface area contributed by atoms with Gasteiger partial charge in [-0.05, 0) is 52.2 Å². The lowest BCUT2D eigenvalue weighted by molar-refractivity contribution is -0.126. The Labute approximate surface area is 104 Å². The molecule has 0 unspecified atom stereocenters. The van der Waals surface area contributed by atoms with E-state index in [9.17, 15) is 4.79 Å². The number of rotatable bonds is 4. The first-order valence-corrected chi connectivity index (χ1v) is 6.99. The summed E-state index contributed by atoms with van der Waals surface area (Å²) < 4.78 is 0. The van der Waals surface area contributed by atoms with Gasteiger partial charge in [-0.3, -0.25) is 4.79 Å². The molecule has 2 atom stereocenters. The van der Waals surface area contributed by atoms with E-state index in [2.05, 4.69) is 22.5 Å². The van der Waals surface area contributed by atoms with Crippen LogP contribution in [-0.4, -0.2) is 49.6 Å². The average molecular weight is 239 g/mol. The highest BCUT2D eigenvalue weighted by atomic mass is 16.1. The molecule has 0 aromatic carbocycles. The second-order valence-corrected chi connectivity index (χ2v) is 5.42. The summed E-state index contributed by atoms with van der Waals surface area (Å²) in [5, 5.41) is 6.47. The Morgan fingerprint density at radius 1 is 1.41 bits per heavy atom. The van der Waals surface area contributed by atoms with E-state index in [1.165, 1.54) is 25.9 Å². The van der Waals surface area contributed by atoms with Crippen LogP contribution in [0.15, 0.2) is 0 Å². The Balaban J connectivity index is 1.62. The molecule has 2 N–H and O–H groups in total. The van der Waals surface area contributed by atoms with Crippen LogP contribution in [0.5, 0.6) is 0 Å². The fourth-order valence-corrected chi connectivity index (χ4v) is 2.86. The van der Waals surface area contributed by atoms with Crippen molar-refractivity contribution in [3.8, 4) is 0 Å². The molecule has 4 heteroatoms. The molecule has 4 nitrogen and oxygen atoms in total. The number of carbonyl (C=O) groups is 1. The Hall–Kier alpha value is -0.610. The van der Waals surface area contributed by atoms with Crippen LogP contribution in [-0.2, 0) is 4.79 Å². The van der Waals surface area contributed by atoms with Gasteiger partial charge < -0.3 is 15.5 Å². The third-order valence-electron chi connectivity index (χ3n) is 3.92. The van der Waals surface area contributed by atoms with Gasteiger partial charge in [0.2, 0.25) is 5.91 Å². The Morgan fingerprint density at radius 3 is 2.88 bits per heavy atom. The molecule has 2 rings (SSSR count). The van der Waals surface area contributed by atoms with Gasteiger partial charge in [-0.25, -0.2) is 0 Å². The zero-order valence-corrected chi connectivity index (χ0v) is 10.9. The Bertz CT molecular complexity index is 251. The van der Waals surface area contributed by atoms with Crippen molar-refractivity contribution in [1.82, 2.24) is 15.5 Å². The normalized spacial score (nSPS) is 30.4. The second kappa shape index (κ2) is 6.36. The minimum atomic E-state index is 0.227. The summed E-state index contributed by atoms with van der Waals surface area (Å²) in [6, 6.07) is 0.484. The number of amides is 1.